The molecular weight excluding hydrogens is 472 g/mol. The number of thiazole rings is 1. The largest absolute Gasteiger partial charge is 0.395 e. The quantitative estimate of drug-likeness (QED) is 0.422. The third-order valence-corrected chi connectivity index (χ3v) is 6.70. The molecule has 1 aromatic heterocycles. The van der Waals surface area contributed by atoms with Crippen LogP contribution < -0.4 is 10.6 Å². The van der Waals surface area contributed by atoms with Crippen molar-refractivity contribution in [2.45, 2.75) is 33.2 Å². The van der Waals surface area contributed by atoms with Gasteiger partial charge in [-0.2, -0.15) is 0 Å². The Bertz CT molecular complexity index is 996. The SMILES string of the molecule is CC/C=N\C(=C/C(C)Nc1ncc(C(=O)Nc2c(C)cccc2Cl)s1)N1CCN(CCO)CC1. The summed E-state index contributed by atoms with van der Waals surface area (Å²) in [5.41, 5.74) is 1.52. The number of rotatable bonds is 10. The number of aliphatic imine (C=N–C) groups is 1. The van der Waals surface area contributed by atoms with Crippen LogP contribution in [0.15, 0.2) is 41.3 Å². The molecule has 1 saturated heterocycles. The lowest BCUT2D eigenvalue weighted by molar-refractivity contribution is 0.103. The average molecular weight is 505 g/mol. The van der Waals surface area contributed by atoms with Gasteiger partial charge in [0.15, 0.2) is 5.13 Å². The molecule has 10 heteroatoms. The summed E-state index contributed by atoms with van der Waals surface area (Å²) in [7, 11) is 0. The number of hydrogen-bond acceptors (Lipinski definition) is 8. The lowest BCUT2D eigenvalue weighted by Crippen LogP contribution is -2.46. The topological polar surface area (TPSA) is 93.1 Å². The first kappa shape index (κ1) is 26.2. The highest BCUT2D eigenvalue weighted by atomic mass is 35.5. The van der Waals surface area contributed by atoms with Gasteiger partial charge in [-0.15, -0.1) is 0 Å². The van der Waals surface area contributed by atoms with Gasteiger partial charge in [-0.05, 0) is 38.0 Å². The Hall–Kier alpha value is -2.46. The summed E-state index contributed by atoms with van der Waals surface area (Å²) >= 11 is 7.53. The zero-order valence-corrected chi connectivity index (χ0v) is 21.5. The van der Waals surface area contributed by atoms with Gasteiger partial charge in [0.1, 0.15) is 10.7 Å². The van der Waals surface area contributed by atoms with E-state index in [2.05, 4.69) is 43.4 Å². The number of amides is 1. The van der Waals surface area contributed by atoms with Crippen molar-refractivity contribution in [3.05, 3.63) is 51.8 Å². The van der Waals surface area contributed by atoms with E-state index in [0.717, 1.165) is 44.0 Å². The molecule has 2 heterocycles. The molecule has 3 N–H and O–H groups in total. The summed E-state index contributed by atoms with van der Waals surface area (Å²) in [6.07, 6.45) is 6.43. The number of aliphatic hydroxyl groups is 1. The molecule has 0 bridgehead atoms. The van der Waals surface area contributed by atoms with Crippen molar-refractivity contribution in [3.63, 3.8) is 0 Å². The molecule has 1 unspecified atom stereocenters. The average Bonchev–Trinajstić information content (AvgIpc) is 3.28. The molecule has 1 amide bonds. The van der Waals surface area contributed by atoms with Crippen LogP contribution in [0, 0.1) is 6.92 Å². The maximum atomic E-state index is 12.7. The van der Waals surface area contributed by atoms with E-state index in [1.54, 1.807) is 12.3 Å². The first-order valence-electron chi connectivity index (χ1n) is 11.5. The van der Waals surface area contributed by atoms with Crippen LogP contribution in [0.2, 0.25) is 5.02 Å². The van der Waals surface area contributed by atoms with Gasteiger partial charge in [-0.3, -0.25) is 9.69 Å². The van der Waals surface area contributed by atoms with Crippen LogP contribution in [-0.2, 0) is 0 Å². The normalized spacial score (nSPS) is 16.1. The van der Waals surface area contributed by atoms with E-state index in [1.807, 2.05) is 32.2 Å². The number of para-hydroxylation sites is 1. The zero-order valence-electron chi connectivity index (χ0n) is 19.9. The molecule has 1 aliphatic rings. The minimum Gasteiger partial charge on any atom is -0.395 e. The summed E-state index contributed by atoms with van der Waals surface area (Å²) in [5.74, 6) is 0.688. The summed E-state index contributed by atoms with van der Waals surface area (Å²) < 4.78 is 0. The predicted octanol–water partition coefficient (Wildman–Crippen LogP) is 4.09. The molecule has 34 heavy (non-hydrogen) atoms. The minimum absolute atomic E-state index is 0.0349. The van der Waals surface area contributed by atoms with Crippen molar-refractivity contribution in [1.29, 1.82) is 0 Å². The van der Waals surface area contributed by atoms with Crippen LogP contribution in [0.25, 0.3) is 0 Å². The first-order valence-corrected chi connectivity index (χ1v) is 12.7. The molecule has 1 fully saturated rings. The van der Waals surface area contributed by atoms with Crippen molar-refractivity contribution in [2.75, 3.05) is 50.0 Å². The Morgan fingerprint density at radius 2 is 2.12 bits per heavy atom. The fourth-order valence-electron chi connectivity index (χ4n) is 3.63. The number of carbonyl (C=O) groups excluding carboxylic acids is 1. The van der Waals surface area contributed by atoms with E-state index >= 15 is 0 Å². The van der Waals surface area contributed by atoms with Crippen LogP contribution in [0.5, 0.6) is 0 Å². The fourth-order valence-corrected chi connectivity index (χ4v) is 4.70. The number of halogens is 1. The molecule has 1 aromatic carbocycles. The second-order valence-corrected chi connectivity index (χ2v) is 9.58. The van der Waals surface area contributed by atoms with Gasteiger partial charge in [0, 0.05) is 45.0 Å². The molecule has 1 aliphatic heterocycles. The summed E-state index contributed by atoms with van der Waals surface area (Å²) in [6, 6.07) is 5.47. The van der Waals surface area contributed by atoms with Crippen LogP contribution >= 0.6 is 22.9 Å². The fraction of sp³-hybridized carbons (Fsp3) is 0.458. The lowest BCUT2D eigenvalue weighted by Gasteiger charge is -2.36. The Balaban J connectivity index is 1.64. The standard InChI is InChI=1S/C24H33ClN6O2S/c1-4-8-26-21(31-11-9-30(10-12-31)13-14-32)15-18(3)28-24-27-16-20(34-24)23(33)29-22-17(2)6-5-7-19(22)25/h5-8,15-16,18,32H,4,9-14H2,1-3H3,(H,27,28)(H,29,33)/b21-15+,26-8-. The molecule has 3 rings (SSSR count). The maximum Gasteiger partial charge on any atom is 0.267 e. The van der Waals surface area contributed by atoms with Crippen LogP contribution in [0.1, 0.15) is 35.5 Å². The smallest absolute Gasteiger partial charge is 0.267 e. The number of nitrogens with one attached hydrogen (secondary N) is 2. The van der Waals surface area contributed by atoms with E-state index in [4.69, 9.17) is 16.7 Å². The van der Waals surface area contributed by atoms with Crippen molar-refractivity contribution < 1.29 is 9.90 Å². The second-order valence-electron chi connectivity index (χ2n) is 8.15. The van der Waals surface area contributed by atoms with Crippen molar-refractivity contribution in [3.8, 4) is 0 Å². The highest BCUT2D eigenvalue weighted by molar-refractivity contribution is 7.17. The number of aliphatic hydroxyl groups excluding tert-OH is 1. The highest BCUT2D eigenvalue weighted by Gasteiger charge is 2.19. The molecule has 8 nitrogen and oxygen atoms in total. The van der Waals surface area contributed by atoms with Crippen LogP contribution in [-0.4, -0.2) is 77.4 Å². The number of nitrogens with zero attached hydrogens (tertiary/aromatic N) is 4. The number of hydrogen-bond donors (Lipinski definition) is 3. The number of anilines is 2. The Morgan fingerprint density at radius 3 is 2.79 bits per heavy atom. The third kappa shape index (κ3) is 7.27. The Kier molecular flexibility index (Phi) is 9.88. The molecule has 0 saturated carbocycles. The van der Waals surface area contributed by atoms with Crippen molar-refractivity contribution in [1.82, 2.24) is 14.8 Å². The van der Waals surface area contributed by atoms with Gasteiger partial charge >= 0.3 is 0 Å². The molecule has 0 aliphatic carbocycles. The minimum atomic E-state index is -0.237. The van der Waals surface area contributed by atoms with Gasteiger partial charge in [0.25, 0.3) is 5.91 Å². The van der Waals surface area contributed by atoms with Crippen molar-refractivity contribution >= 4 is 45.9 Å². The van der Waals surface area contributed by atoms with Crippen LogP contribution in [0.3, 0.4) is 0 Å². The number of aryl methyl sites for hydroxylation is 1. The van der Waals surface area contributed by atoms with Gasteiger partial charge in [-0.25, -0.2) is 9.98 Å². The van der Waals surface area contributed by atoms with E-state index in [-0.39, 0.29) is 18.6 Å². The van der Waals surface area contributed by atoms with E-state index < -0.39 is 0 Å². The number of piperazine rings is 1. The van der Waals surface area contributed by atoms with Crippen molar-refractivity contribution in [2.24, 2.45) is 4.99 Å². The number of aromatic nitrogens is 1. The highest BCUT2D eigenvalue weighted by Crippen LogP contribution is 2.27. The van der Waals surface area contributed by atoms with Gasteiger partial charge in [0.2, 0.25) is 0 Å². The second kappa shape index (κ2) is 12.9. The summed E-state index contributed by atoms with van der Waals surface area (Å²) in [5, 5.41) is 16.6. The lowest BCUT2D eigenvalue weighted by atomic mass is 10.2. The summed E-state index contributed by atoms with van der Waals surface area (Å²) in [6.45, 7) is 10.4. The third-order valence-electron chi connectivity index (χ3n) is 5.46. The molecule has 2 aromatic rings. The van der Waals surface area contributed by atoms with Gasteiger partial charge < -0.3 is 20.6 Å². The van der Waals surface area contributed by atoms with E-state index in [0.29, 0.717) is 27.3 Å². The number of carbonyl (C=O) groups is 1. The molecule has 0 radical (unpaired) electrons. The maximum absolute atomic E-state index is 12.7. The van der Waals surface area contributed by atoms with E-state index in [1.165, 1.54) is 11.3 Å². The van der Waals surface area contributed by atoms with Gasteiger partial charge in [0.05, 0.1) is 23.5 Å². The molecule has 184 valence electrons. The Labute approximate surface area is 210 Å². The van der Waals surface area contributed by atoms with Gasteiger partial charge in [-0.1, -0.05) is 42.0 Å². The van der Waals surface area contributed by atoms with E-state index in [9.17, 15) is 4.79 Å². The first-order chi connectivity index (χ1) is 16.4. The monoisotopic (exact) mass is 504 g/mol. The number of β-amino-alcohol motifs (C(OH)–C–C–N with tert-alkyl or cyclic N) is 1. The summed E-state index contributed by atoms with van der Waals surface area (Å²) in [4.78, 5) is 26.8. The zero-order chi connectivity index (χ0) is 24.5. The predicted molar refractivity (Wildman–Crippen MR) is 141 cm³/mol. The Morgan fingerprint density at radius 1 is 1.35 bits per heavy atom. The molecule has 0 spiro atoms. The van der Waals surface area contributed by atoms with Crippen LogP contribution in [0.4, 0.5) is 10.8 Å². The molecular formula is C24H33ClN6O2S. The molecule has 1 atom stereocenters. The number of benzene rings is 1.